The van der Waals surface area contributed by atoms with Gasteiger partial charge in [0.1, 0.15) is 11.6 Å². The van der Waals surface area contributed by atoms with Crippen LogP contribution in [0, 0.1) is 10.6 Å². The molecule has 0 spiro atoms. The maximum atomic E-state index is 12.9. The van der Waals surface area contributed by atoms with Crippen molar-refractivity contribution in [2.24, 2.45) is 0 Å². The zero-order valence-corrected chi connectivity index (χ0v) is 11.7. The summed E-state index contributed by atoms with van der Waals surface area (Å²) in [5.74, 6) is 0.545. The van der Waals surface area contributed by atoms with E-state index < -0.39 is 0 Å². The maximum absolute atomic E-state index is 12.9. The molecular formula is C15H13FN2OS. The summed E-state index contributed by atoms with van der Waals surface area (Å²) in [5, 5.41) is 0. The first-order valence-corrected chi connectivity index (χ1v) is 6.59. The number of methoxy groups -OCH3 is 1. The first-order chi connectivity index (χ1) is 9.67. The van der Waals surface area contributed by atoms with Crippen LogP contribution in [0.1, 0.15) is 5.56 Å². The largest absolute Gasteiger partial charge is 0.497 e. The molecule has 0 aliphatic carbocycles. The van der Waals surface area contributed by atoms with Crippen molar-refractivity contribution >= 4 is 23.3 Å². The minimum atomic E-state index is -0.235. The molecule has 0 saturated carbocycles. The molecule has 3 nitrogen and oxygen atoms in total. The van der Waals surface area contributed by atoms with Crippen molar-refractivity contribution in [1.29, 1.82) is 0 Å². The summed E-state index contributed by atoms with van der Waals surface area (Å²) in [6, 6.07) is 12.2. The number of hydrogen-bond acceptors (Lipinski definition) is 2. The second-order valence-corrected chi connectivity index (χ2v) is 4.91. The number of fused-ring (bicyclic) bond motifs is 1. The van der Waals surface area contributed by atoms with Gasteiger partial charge in [-0.25, -0.2) is 4.39 Å². The lowest BCUT2D eigenvalue weighted by Gasteiger charge is -2.05. The fourth-order valence-electron chi connectivity index (χ4n) is 2.20. The van der Waals surface area contributed by atoms with Gasteiger partial charge >= 0.3 is 0 Å². The Labute approximate surface area is 120 Å². The monoisotopic (exact) mass is 288 g/mol. The molecular weight excluding hydrogens is 275 g/mol. The van der Waals surface area contributed by atoms with Gasteiger partial charge in [-0.15, -0.1) is 0 Å². The quantitative estimate of drug-likeness (QED) is 0.741. The summed E-state index contributed by atoms with van der Waals surface area (Å²) in [6.07, 6.45) is 0. The topological polar surface area (TPSA) is 29.9 Å². The van der Waals surface area contributed by atoms with E-state index in [0.717, 1.165) is 22.3 Å². The molecule has 3 aromatic rings. The lowest BCUT2D eigenvalue weighted by atomic mass is 10.2. The van der Waals surface area contributed by atoms with Gasteiger partial charge in [-0.1, -0.05) is 12.1 Å². The molecule has 0 atom stereocenters. The van der Waals surface area contributed by atoms with Crippen LogP contribution in [0.15, 0.2) is 42.5 Å². The molecule has 0 amide bonds. The van der Waals surface area contributed by atoms with Crippen molar-refractivity contribution in [3.8, 4) is 5.75 Å². The molecule has 1 heterocycles. The highest BCUT2D eigenvalue weighted by atomic mass is 32.1. The van der Waals surface area contributed by atoms with Crippen LogP contribution < -0.4 is 4.74 Å². The van der Waals surface area contributed by atoms with Crippen molar-refractivity contribution in [3.05, 3.63) is 58.6 Å². The van der Waals surface area contributed by atoms with Crippen molar-refractivity contribution in [2.45, 2.75) is 6.54 Å². The molecule has 102 valence electrons. The number of nitrogens with one attached hydrogen (secondary N) is 1. The summed E-state index contributed by atoms with van der Waals surface area (Å²) < 4.78 is 20.8. The lowest BCUT2D eigenvalue weighted by Crippen LogP contribution is -1.99. The number of rotatable bonds is 3. The fraction of sp³-hybridized carbons (Fsp3) is 0.133. The molecule has 2 aromatic carbocycles. The zero-order chi connectivity index (χ0) is 14.1. The third kappa shape index (κ3) is 2.32. The van der Waals surface area contributed by atoms with Gasteiger partial charge in [0.25, 0.3) is 0 Å². The zero-order valence-electron chi connectivity index (χ0n) is 10.9. The fourth-order valence-corrected chi connectivity index (χ4v) is 2.47. The van der Waals surface area contributed by atoms with E-state index in [-0.39, 0.29) is 5.82 Å². The number of halogens is 1. The van der Waals surface area contributed by atoms with Gasteiger partial charge in [-0.3, -0.25) is 0 Å². The van der Waals surface area contributed by atoms with E-state index in [9.17, 15) is 4.39 Å². The molecule has 0 bridgehead atoms. The standard InChI is InChI=1S/C15H13FN2OS/c1-19-12-6-7-14-13(8-12)17-15(20)18(14)9-10-2-4-11(16)5-3-10/h2-8H,9H2,1H3,(H,17,20). The van der Waals surface area contributed by atoms with Crippen LogP contribution in [0.2, 0.25) is 0 Å². The lowest BCUT2D eigenvalue weighted by molar-refractivity contribution is 0.415. The van der Waals surface area contributed by atoms with Gasteiger partial charge in [0.05, 0.1) is 24.7 Å². The maximum Gasteiger partial charge on any atom is 0.178 e. The van der Waals surface area contributed by atoms with Gasteiger partial charge < -0.3 is 14.3 Å². The molecule has 1 aromatic heterocycles. The van der Waals surface area contributed by atoms with Crippen LogP contribution in [-0.4, -0.2) is 16.7 Å². The van der Waals surface area contributed by atoms with E-state index in [0.29, 0.717) is 11.3 Å². The SMILES string of the molecule is COc1ccc2c(c1)[nH]c(=S)n2Cc1ccc(F)cc1. The summed E-state index contributed by atoms with van der Waals surface area (Å²) in [6.45, 7) is 0.603. The van der Waals surface area contributed by atoms with Crippen LogP contribution in [0.3, 0.4) is 0 Å². The highest BCUT2D eigenvalue weighted by Crippen LogP contribution is 2.21. The van der Waals surface area contributed by atoms with E-state index in [1.54, 1.807) is 19.2 Å². The average molecular weight is 288 g/mol. The minimum absolute atomic E-state index is 0.235. The molecule has 0 aliphatic rings. The number of ether oxygens (including phenoxy) is 1. The number of imidazole rings is 1. The third-order valence-corrected chi connectivity index (χ3v) is 3.56. The van der Waals surface area contributed by atoms with E-state index in [2.05, 4.69) is 4.98 Å². The number of nitrogens with zero attached hydrogens (tertiary/aromatic N) is 1. The molecule has 1 N–H and O–H groups in total. The molecule has 5 heteroatoms. The van der Waals surface area contributed by atoms with Crippen LogP contribution in [0.4, 0.5) is 4.39 Å². The number of benzene rings is 2. The van der Waals surface area contributed by atoms with Gasteiger partial charge in [0.15, 0.2) is 4.77 Å². The number of aromatic amines is 1. The summed E-state index contributed by atoms with van der Waals surface area (Å²) in [4.78, 5) is 3.16. The van der Waals surface area contributed by atoms with Crippen molar-refractivity contribution in [1.82, 2.24) is 9.55 Å². The van der Waals surface area contributed by atoms with Gasteiger partial charge in [-0.05, 0) is 42.0 Å². The Morgan fingerprint density at radius 1 is 1.20 bits per heavy atom. The second-order valence-electron chi connectivity index (χ2n) is 4.53. The second kappa shape index (κ2) is 5.09. The normalized spacial score (nSPS) is 10.9. The summed E-state index contributed by atoms with van der Waals surface area (Å²) in [7, 11) is 1.63. The average Bonchev–Trinajstić information content (AvgIpc) is 2.76. The van der Waals surface area contributed by atoms with E-state index in [4.69, 9.17) is 17.0 Å². The Balaban J connectivity index is 2.05. The first kappa shape index (κ1) is 12.9. The van der Waals surface area contributed by atoms with Gasteiger partial charge in [-0.2, -0.15) is 0 Å². The molecule has 20 heavy (non-hydrogen) atoms. The Morgan fingerprint density at radius 2 is 1.95 bits per heavy atom. The van der Waals surface area contributed by atoms with E-state index >= 15 is 0 Å². The highest BCUT2D eigenvalue weighted by molar-refractivity contribution is 7.71. The van der Waals surface area contributed by atoms with Crippen LogP contribution in [0.5, 0.6) is 5.75 Å². The molecule has 0 radical (unpaired) electrons. The predicted molar refractivity (Wildman–Crippen MR) is 79.2 cm³/mol. The smallest absolute Gasteiger partial charge is 0.178 e. The van der Waals surface area contributed by atoms with Crippen LogP contribution >= 0.6 is 12.2 Å². The molecule has 0 fully saturated rings. The predicted octanol–water partition coefficient (Wildman–Crippen LogP) is 3.89. The third-order valence-electron chi connectivity index (χ3n) is 3.24. The van der Waals surface area contributed by atoms with Crippen LogP contribution in [-0.2, 0) is 6.54 Å². The molecule has 0 saturated heterocycles. The van der Waals surface area contributed by atoms with Crippen molar-refractivity contribution in [3.63, 3.8) is 0 Å². The van der Waals surface area contributed by atoms with Gasteiger partial charge in [0, 0.05) is 6.07 Å². The number of aromatic nitrogens is 2. The molecule has 0 aliphatic heterocycles. The Morgan fingerprint density at radius 3 is 2.65 bits per heavy atom. The van der Waals surface area contributed by atoms with Crippen LogP contribution in [0.25, 0.3) is 11.0 Å². The molecule has 0 unspecified atom stereocenters. The first-order valence-electron chi connectivity index (χ1n) is 6.18. The summed E-state index contributed by atoms with van der Waals surface area (Å²) >= 11 is 5.35. The van der Waals surface area contributed by atoms with Crippen molar-refractivity contribution < 1.29 is 9.13 Å². The molecule has 3 rings (SSSR count). The Kier molecular flexibility index (Phi) is 3.28. The Bertz CT molecular complexity index is 805. The number of hydrogen-bond donors (Lipinski definition) is 1. The van der Waals surface area contributed by atoms with Crippen molar-refractivity contribution in [2.75, 3.05) is 7.11 Å². The number of H-pyrrole nitrogens is 1. The Hall–Kier alpha value is -2.14. The van der Waals surface area contributed by atoms with E-state index in [1.807, 2.05) is 22.8 Å². The summed E-state index contributed by atoms with van der Waals surface area (Å²) in [5.41, 5.74) is 2.93. The van der Waals surface area contributed by atoms with E-state index in [1.165, 1.54) is 12.1 Å². The van der Waals surface area contributed by atoms with Gasteiger partial charge in [0.2, 0.25) is 0 Å². The highest BCUT2D eigenvalue weighted by Gasteiger charge is 2.06. The minimum Gasteiger partial charge on any atom is -0.497 e.